The van der Waals surface area contributed by atoms with Gasteiger partial charge in [-0.15, -0.1) is 0 Å². The number of carbonyl (C=O) groups excluding carboxylic acids is 2. The van der Waals surface area contributed by atoms with Gasteiger partial charge < -0.3 is 15.2 Å². The second-order valence-electron chi connectivity index (χ2n) is 7.62. The van der Waals surface area contributed by atoms with Crippen LogP contribution in [0.2, 0.25) is 0 Å². The van der Waals surface area contributed by atoms with Gasteiger partial charge in [0.1, 0.15) is 11.2 Å². The Hall–Kier alpha value is -3.48. The fourth-order valence-corrected chi connectivity index (χ4v) is 3.34. The normalized spacial score (nSPS) is 13.3. The summed E-state index contributed by atoms with van der Waals surface area (Å²) in [6.07, 6.45) is 3.49. The number of pyridine rings is 2. The van der Waals surface area contributed by atoms with E-state index in [0.717, 1.165) is 29.8 Å². The van der Waals surface area contributed by atoms with E-state index in [1.807, 2.05) is 42.7 Å². The third kappa shape index (κ3) is 4.10. The molecule has 30 heavy (non-hydrogen) atoms. The summed E-state index contributed by atoms with van der Waals surface area (Å²) in [5.74, 6) is -0.211. The summed E-state index contributed by atoms with van der Waals surface area (Å²) in [7, 11) is 0. The van der Waals surface area contributed by atoms with Crippen LogP contribution in [0.1, 0.15) is 41.4 Å². The lowest BCUT2D eigenvalue weighted by Crippen LogP contribution is -2.29. The van der Waals surface area contributed by atoms with Crippen LogP contribution >= 0.6 is 0 Å². The molecule has 1 aliphatic rings. The lowest BCUT2D eigenvalue weighted by atomic mass is 10.1. The van der Waals surface area contributed by atoms with Crippen molar-refractivity contribution in [2.45, 2.75) is 39.8 Å². The molecule has 1 fully saturated rings. The first-order chi connectivity index (χ1) is 14.5. The van der Waals surface area contributed by atoms with Crippen molar-refractivity contribution in [1.82, 2.24) is 14.9 Å². The van der Waals surface area contributed by atoms with E-state index in [4.69, 9.17) is 0 Å². The predicted octanol–water partition coefficient (Wildman–Crippen LogP) is 3.00. The minimum atomic E-state index is -0.421. The maximum Gasteiger partial charge on any atom is 0.257 e. The number of nitrogens with one attached hydrogen (secondary N) is 2. The van der Waals surface area contributed by atoms with Gasteiger partial charge in [0.2, 0.25) is 11.3 Å². The quantitative estimate of drug-likeness (QED) is 0.661. The largest absolute Gasteiger partial charge is 0.348 e. The second kappa shape index (κ2) is 8.10. The Labute approximate surface area is 174 Å². The van der Waals surface area contributed by atoms with Crippen molar-refractivity contribution in [3.63, 3.8) is 0 Å². The van der Waals surface area contributed by atoms with Gasteiger partial charge in [-0.2, -0.15) is 0 Å². The number of rotatable bonds is 6. The highest BCUT2D eigenvalue weighted by atomic mass is 16.2. The first kappa shape index (κ1) is 19.8. The standard InChI is InChI=1S/C23H24N4O3/c1-3-27-13-19(20(28)18-11-4-14(2)25-21(18)27)23(30)24-12-15-5-9-17(10-6-15)26-22(29)16-7-8-16/h4-6,9-11,13,16H,3,7-8,12H2,1-2H3,(H,24,30)(H,26,29). The van der Waals surface area contributed by atoms with Crippen LogP contribution in [-0.2, 0) is 17.9 Å². The van der Waals surface area contributed by atoms with Crippen LogP contribution in [0, 0.1) is 12.8 Å². The molecule has 2 amide bonds. The molecule has 4 rings (SSSR count). The van der Waals surface area contributed by atoms with Crippen LogP contribution < -0.4 is 16.1 Å². The summed E-state index contributed by atoms with van der Waals surface area (Å²) in [4.78, 5) is 41.8. The van der Waals surface area contributed by atoms with Gasteiger partial charge in [-0.1, -0.05) is 12.1 Å². The molecular formula is C23H24N4O3. The minimum absolute atomic E-state index is 0.0595. The number of amides is 2. The van der Waals surface area contributed by atoms with Crippen molar-refractivity contribution in [3.05, 3.63) is 69.6 Å². The van der Waals surface area contributed by atoms with Crippen LogP contribution in [-0.4, -0.2) is 21.4 Å². The smallest absolute Gasteiger partial charge is 0.257 e. The Morgan fingerprint density at radius 1 is 1.13 bits per heavy atom. The zero-order valence-electron chi connectivity index (χ0n) is 17.1. The molecule has 0 radical (unpaired) electrons. The summed E-state index contributed by atoms with van der Waals surface area (Å²) in [6.45, 7) is 4.69. The fourth-order valence-electron chi connectivity index (χ4n) is 3.34. The van der Waals surface area contributed by atoms with Crippen LogP contribution in [0.15, 0.2) is 47.4 Å². The average Bonchev–Trinajstić information content (AvgIpc) is 3.59. The van der Waals surface area contributed by atoms with Gasteiger partial charge in [0.05, 0.1) is 5.39 Å². The molecule has 0 bridgehead atoms. The predicted molar refractivity (Wildman–Crippen MR) is 115 cm³/mol. The van der Waals surface area contributed by atoms with Crippen molar-refractivity contribution in [2.75, 3.05) is 5.32 Å². The molecule has 7 nitrogen and oxygen atoms in total. The number of hydrogen-bond acceptors (Lipinski definition) is 4. The molecule has 0 spiro atoms. The fraction of sp³-hybridized carbons (Fsp3) is 0.304. The molecule has 1 aromatic carbocycles. The van der Waals surface area contributed by atoms with Crippen LogP contribution in [0.3, 0.4) is 0 Å². The highest BCUT2D eigenvalue weighted by molar-refractivity contribution is 5.97. The minimum Gasteiger partial charge on any atom is -0.348 e. The second-order valence-corrected chi connectivity index (χ2v) is 7.62. The molecule has 1 saturated carbocycles. The van der Waals surface area contributed by atoms with E-state index in [2.05, 4.69) is 15.6 Å². The Morgan fingerprint density at radius 3 is 2.53 bits per heavy atom. The van der Waals surface area contributed by atoms with E-state index < -0.39 is 5.91 Å². The molecule has 2 heterocycles. The molecule has 7 heteroatoms. The van der Waals surface area contributed by atoms with E-state index in [0.29, 0.717) is 17.6 Å². The molecule has 0 aliphatic heterocycles. The Morgan fingerprint density at radius 2 is 1.87 bits per heavy atom. The first-order valence-corrected chi connectivity index (χ1v) is 10.1. The number of benzene rings is 1. The Kier molecular flexibility index (Phi) is 5.35. The van der Waals surface area contributed by atoms with Crippen LogP contribution in [0.25, 0.3) is 11.0 Å². The summed E-state index contributed by atoms with van der Waals surface area (Å²) in [5, 5.41) is 6.13. The summed E-state index contributed by atoms with van der Waals surface area (Å²) in [6, 6.07) is 10.8. The Balaban J connectivity index is 1.48. The summed E-state index contributed by atoms with van der Waals surface area (Å²) >= 11 is 0. The molecule has 3 aromatic rings. The van der Waals surface area contributed by atoms with Crippen molar-refractivity contribution in [1.29, 1.82) is 0 Å². The number of anilines is 1. The molecule has 0 saturated heterocycles. The van der Waals surface area contributed by atoms with Gasteiger partial charge >= 0.3 is 0 Å². The lowest BCUT2D eigenvalue weighted by Gasteiger charge is -2.12. The van der Waals surface area contributed by atoms with Crippen molar-refractivity contribution in [3.8, 4) is 0 Å². The van der Waals surface area contributed by atoms with E-state index in [1.54, 1.807) is 18.3 Å². The number of aryl methyl sites for hydroxylation is 2. The van der Waals surface area contributed by atoms with Gasteiger partial charge in [-0.25, -0.2) is 4.98 Å². The summed E-state index contributed by atoms with van der Waals surface area (Å²) in [5.41, 5.74) is 2.80. The SMILES string of the molecule is CCn1cc(C(=O)NCc2ccc(NC(=O)C3CC3)cc2)c(=O)c2ccc(C)nc21. The number of carbonyl (C=O) groups is 2. The molecule has 2 aromatic heterocycles. The third-order valence-electron chi connectivity index (χ3n) is 5.27. The lowest BCUT2D eigenvalue weighted by molar-refractivity contribution is -0.117. The van der Waals surface area contributed by atoms with E-state index >= 15 is 0 Å². The molecule has 0 atom stereocenters. The first-order valence-electron chi connectivity index (χ1n) is 10.1. The maximum atomic E-state index is 12.8. The molecule has 154 valence electrons. The van der Waals surface area contributed by atoms with Gasteiger partial charge in [-0.3, -0.25) is 14.4 Å². The van der Waals surface area contributed by atoms with Crippen molar-refractivity contribution in [2.24, 2.45) is 5.92 Å². The topological polar surface area (TPSA) is 93.1 Å². The summed E-state index contributed by atoms with van der Waals surface area (Å²) < 4.78 is 1.82. The number of fused-ring (bicyclic) bond motifs is 1. The van der Waals surface area contributed by atoms with Gasteiger partial charge in [-0.05, 0) is 56.5 Å². The highest BCUT2D eigenvalue weighted by Crippen LogP contribution is 2.30. The molecular weight excluding hydrogens is 380 g/mol. The monoisotopic (exact) mass is 404 g/mol. The van der Waals surface area contributed by atoms with Crippen LogP contribution in [0.4, 0.5) is 5.69 Å². The van der Waals surface area contributed by atoms with Crippen LogP contribution in [0.5, 0.6) is 0 Å². The Bertz CT molecular complexity index is 1180. The highest BCUT2D eigenvalue weighted by Gasteiger charge is 2.29. The van der Waals surface area contributed by atoms with E-state index in [-0.39, 0.29) is 29.4 Å². The number of nitrogens with zero attached hydrogens (tertiary/aromatic N) is 2. The van der Waals surface area contributed by atoms with Gasteiger partial charge in [0.25, 0.3) is 5.91 Å². The van der Waals surface area contributed by atoms with E-state index in [1.165, 1.54) is 0 Å². The average molecular weight is 404 g/mol. The van der Waals surface area contributed by atoms with Gasteiger partial charge in [0, 0.05) is 36.6 Å². The molecule has 0 unspecified atom stereocenters. The van der Waals surface area contributed by atoms with Crippen molar-refractivity contribution < 1.29 is 9.59 Å². The number of hydrogen-bond donors (Lipinski definition) is 2. The zero-order chi connectivity index (χ0) is 21.3. The maximum absolute atomic E-state index is 12.8. The van der Waals surface area contributed by atoms with Crippen molar-refractivity contribution >= 4 is 28.5 Å². The number of aromatic nitrogens is 2. The van der Waals surface area contributed by atoms with E-state index in [9.17, 15) is 14.4 Å². The molecule has 1 aliphatic carbocycles. The molecule has 2 N–H and O–H groups in total. The van der Waals surface area contributed by atoms with Gasteiger partial charge in [0.15, 0.2) is 0 Å². The zero-order valence-corrected chi connectivity index (χ0v) is 17.1. The third-order valence-corrected chi connectivity index (χ3v) is 5.27.